The Morgan fingerprint density at radius 1 is 1.53 bits per heavy atom. The van der Waals surface area contributed by atoms with Crippen LogP contribution in [0.25, 0.3) is 0 Å². The van der Waals surface area contributed by atoms with Gasteiger partial charge >= 0.3 is 0 Å². The Balaban J connectivity index is 2.76. The Morgan fingerprint density at radius 2 is 2.24 bits per heavy atom. The fourth-order valence-corrected chi connectivity index (χ4v) is 1.51. The van der Waals surface area contributed by atoms with Crippen molar-refractivity contribution in [3.05, 3.63) is 39.4 Å². The van der Waals surface area contributed by atoms with Gasteiger partial charge in [0, 0.05) is 29.6 Å². The number of nitro benzene ring substituents is 1. The molecule has 0 saturated carbocycles. The van der Waals surface area contributed by atoms with Crippen LogP contribution >= 0.6 is 11.6 Å². The summed E-state index contributed by atoms with van der Waals surface area (Å²) in [5, 5.41) is 13.3. The summed E-state index contributed by atoms with van der Waals surface area (Å²) >= 11 is 5.49. The lowest BCUT2D eigenvalue weighted by atomic mass is 10.1. The number of hydrogen-bond acceptors (Lipinski definition) is 3. The van der Waals surface area contributed by atoms with E-state index >= 15 is 0 Å². The van der Waals surface area contributed by atoms with Gasteiger partial charge in [-0.05, 0) is 25.5 Å². The summed E-state index contributed by atoms with van der Waals surface area (Å²) in [5.41, 5.74) is 0.907. The van der Waals surface area contributed by atoms with Gasteiger partial charge in [-0.2, -0.15) is 0 Å². The molecular formula is C11H13ClN2O3. The molecule has 0 atom stereocenters. The molecule has 5 nitrogen and oxygen atoms in total. The van der Waals surface area contributed by atoms with Gasteiger partial charge in [0.25, 0.3) is 11.6 Å². The number of halogens is 1. The van der Waals surface area contributed by atoms with Gasteiger partial charge in [0.05, 0.1) is 4.92 Å². The first-order valence-electron chi connectivity index (χ1n) is 5.15. The molecule has 0 aliphatic carbocycles. The van der Waals surface area contributed by atoms with Gasteiger partial charge in [0.1, 0.15) is 0 Å². The second-order valence-corrected chi connectivity index (χ2v) is 3.93. The third-order valence-corrected chi connectivity index (χ3v) is 2.52. The van der Waals surface area contributed by atoms with Gasteiger partial charge in [-0.15, -0.1) is 11.6 Å². The number of carbonyl (C=O) groups is 1. The predicted molar refractivity (Wildman–Crippen MR) is 65.5 cm³/mol. The Hall–Kier alpha value is -1.62. The van der Waals surface area contributed by atoms with Crippen molar-refractivity contribution in [3.63, 3.8) is 0 Å². The molecule has 0 aliphatic heterocycles. The maximum atomic E-state index is 11.6. The number of nitrogens with zero attached hydrogens (tertiary/aromatic N) is 1. The van der Waals surface area contributed by atoms with Crippen LogP contribution in [-0.4, -0.2) is 23.3 Å². The van der Waals surface area contributed by atoms with Crippen LogP contribution in [0.3, 0.4) is 0 Å². The van der Waals surface area contributed by atoms with E-state index in [2.05, 4.69) is 5.32 Å². The summed E-state index contributed by atoms with van der Waals surface area (Å²) in [5.74, 6) is 0.243. The molecule has 1 amide bonds. The van der Waals surface area contributed by atoms with Crippen molar-refractivity contribution < 1.29 is 9.72 Å². The number of nitro groups is 1. The van der Waals surface area contributed by atoms with Crippen LogP contribution in [-0.2, 0) is 0 Å². The lowest BCUT2D eigenvalue weighted by Gasteiger charge is -2.05. The number of carbonyl (C=O) groups excluding carboxylic acids is 1. The van der Waals surface area contributed by atoms with E-state index in [0.717, 1.165) is 0 Å². The summed E-state index contributed by atoms with van der Waals surface area (Å²) in [6.45, 7) is 2.10. The molecule has 0 saturated heterocycles. The van der Waals surface area contributed by atoms with E-state index in [-0.39, 0.29) is 11.6 Å². The average Bonchev–Trinajstić information content (AvgIpc) is 2.28. The zero-order chi connectivity index (χ0) is 12.8. The fraction of sp³-hybridized carbons (Fsp3) is 0.364. The molecule has 1 rings (SSSR count). The summed E-state index contributed by atoms with van der Waals surface area (Å²) in [4.78, 5) is 21.8. The topological polar surface area (TPSA) is 72.2 Å². The minimum Gasteiger partial charge on any atom is -0.352 e. The minimum absolute atomic E-state index is 0.0160. The fourth-order valence-electron chi connectivity index (χ4n) is 1.37. The van der Waals surface area contributed by atoms with Crippen molar-refractivity contribution in [2.45, 2.75) is 13.3 Å². The molecule has 1 N–H and O–H groups in total. The van der Waals surface area contributed by atoms with E-state index in [1.54, 1.807) is 6.92 Å². The van der Waals surface area contributed by atoms with Crippen LogP contribution in [0, 0.1) is 17.0 Å². The summed E-state index contributed by atoms with van der Waals surface area (Å²) in [6, 6.07) is 4.29. The van der Waals surface area contributed by atoms with Gasteiger partial charge in [0.15, 0.2) is 0 Å². The summed E-state index contributed by atoms with van der Waals surface area (Å²) in [6.07, 6.45) is 0.694. The van der Waals surface area contributed by atoms with Crippen molar-refractivity contribution in [1.29, 1.82) is 0 Å². The average molecular weight is 257 g/mol. The molecule has 17 heavy (non-hydrogen) atoms. The Kier molecular flexibility index (Phi) is 4.90. The molecule has 0 unspecified atom stereocenters. The lowest BCUT2D eigenvalue weighted by molar-refractivity contribution is -0.385. The Labute approximate surface area is 104 Å². The summed E-state index contributed by atoms with van der Waals surface area (Å²) < 4.78 is 0. The molecule has 0 spiro atoms. The van der Waals surface area contributed by atoms with Crippen molar-refractivity contribution in [2.24, 2.45) is 0 Å². The van der Waals surface area contributed by atoms with Crippen molar-refractivity contribution in [1.82, 2.24) is 5.32 Å². The van der Waals surface area contributed by atoms with Gasteiger partial charge in [-0.25, -0.2) is 0 Å². The number of nitrogens with one attached hydrogen (secondary N) is 1. The van der Waals surface area contributed by atoms with Crippen LogP contribution in [0.1, 0.15) is 22.3 Å². The van der Waals surface area contributed by atoms with E-state index in [4.69, 9.17) is 11.6 Å². The number of rotatable bonds is 5. The smallest absolute Gasteiger partial charge is 0.272 e. The van der Waals surface area contributed by atoms with E-state index in [9.17, 15) is 14.9 Å². The zero-order valence-corrected chi connectivity index (χ0v) is 10.2. The molecular weight excluding hydrogens is 244 g/mol. The van der Waals surface area contributed by atoms with E-state index in [0.29, 0.717) is 30.0 Å². The van der Waals surface area contributed by atoms with Crippen molar-refractivity contribution in [2.75, 3.05) is 12.4 Å². The van der Waals surface area contributed by atoms with E-state index < -0.39 is 4.92 Å². The van der Waals surface area contributed by atoms with Gasteiger partial charge in [-0.1, -0.05) is 0 Å². The Bertz CT molecular complexity index is 435. The number of aryl methyl sites for hydroxylation is 1. The second kappa shape index (κ2) is 6.20. The van der Waals surface area contributed by atoms with Crippen LogP contribution in [0.5, 0.6) is 0 Å². The predicted octanol–water partition coefficient (Wildman–Crippen LogP) is 2.26. The maximum absolute atomic E-state index is 11.6. The van der Waals surface area contributed by atoms with Crippen LogP contribution in [0.15, 0.2) is 18.2 Å². The van der Waals surface area contributed by atoms with Gasteiger partial charge in [0.2, 0.25) is 0 Å². The quantitative estimate of drug-likeness (QED) is 0.380. The number of amides is 1. The van der Waals surface area contributed by atoms with Gasteiger partial charge < -0.3 is 5.32 Å². The third kappa shape index (κ3) is 3.71. The largest absolute Gasteiger partial charge is 0.352 e. The highest BCUT2D eigenvalue weighted by atomic mass is 35.5. The number of hydrogen-bond donors (Lipinski definition) is 1. The van der Waals surface area contributed by atoms with Gasteiger partial charge in [-0.3, -0.25) is 14.9 Å². The SMILES string of the molecule is Cc1cc(C(=O)NCCCCl)ccc1[N+](=O)[O-]. The highest BCUT2D eigenvalue weighted by Crippen LogP contribution is 2.18. The molecule has 0 heterocycles. The van der Waals surface area contributed by atoms with Crippen LogP contribution in [0.2, 0.25) is 0 Å². The number of alkyl halides is 1. The first-order chi connectivity index (χ1) is 8.06. The molecule has 0 aliphatic rings. The van der Waals surface area contributed by atoms with Crippen molar-refractivity contribution >= 4 is 23.2 Å². The molecule has 0 aromatic heterocycles. The minimum atomic E-state index is -0.468. The highest BCUT2D eigenvalue weighted by molar-refractivity contribution is 6.17. The normalized spacial score (nSPS) is 10.0. The third-order valence-electron chi connectivity index (χ3n) is 2.25. The lowest BCUT2D eigenvalue weighted by Crippen LogP contribution is -2.24. The molecule has 0 bridgehead atoms. The molecule has 92 valence electrons. The number of benzene rings is 1. The van der Waals surface area contributed by atoms with Crippen LogP contribution in [0.4, 0.5) is 5.69 Å². The monoisotopic (exact) mass is 256 g/mol. The summed E-state index contributed by atoms with van der Waals surface area (Å²) in [7, 11) is 0. The zero-order valence-electron chi connectivity index (χ0n) is 9.40. The molecule has 6 heteroatoms. The van der Waals surface area contributed by atoms with Crippen molar-refractivity contribution in [3.8, 4) is 0 Å². The molecule has 0 radical (unpaired) electrons. The molecule has 1 aromatic carbocycles. The van der Waals surface area contributed by atoms with E-state index in [1.807, 2.05) is 0 Å². The first-order valence-corrected chi connectivity index (χ1v) is 5.69. The molecule has 0 fully saturated rings. The Morgan fingerprint density at radius 3 is 2.76 bits per heavy atom. The highest BCUT2D eigenvalue weighted by Gasteiger charge is 2.13. The standard InChI is InChI=1S/C11H13ClN2O3/c1-8-7-9(3-4-10(8)14(16)17)11(15)13-6-2-5-12/h3-4,7H,2,5-6H2,1H3,(H,13,15). The van der Waals surface area contributed by atoms with Crippen LogP contribution < -0.4 is 5.32 Å². The van der Waals surface area contributed by atoms with E-state index in [1.165, 1.54) is 18.2 Å². The first kappa shape index (κ1) is 13.4. The second-order valence-electron chi connectivity index (χ2n) is 3.56. The maximum Gasteiger partial charge on any atom is 0.272 e. The molecule has 1 aromatic rings.